The maximum Gasteiger partial charge on any atom is 0.233 e. The molecule has 3 aromatic rings. The molecule has 1 fully saturated rings. The van der Waals surface area contributed by atoms with E-state index in [2.05, 4.69) is 39.2 Å². The Morgan fingerprint density at radius 3 is 2.81 bits per heavy atom. The summed E-state index contributed by atoms with van der Waals surface area (Å²) in [6.07, 6.45) is 2.13. The minimum Gasteiger partial charge on any atom is -0.334 e. The molecule has 0 radical (unpaired) electrons. The normalized spacial score (nSPS) is 16.8. The van der Waals surface area contributed by atoms with Gasteiger partial charge in [-0.05, 0) is 31.2 Å². The largest absolute Gasteiger partial charge is 0.334 e. The molecule has 0 bridgehead atoms. The summed E-state index contributed by atoms with van der Waals surface area (Å²) in [4.78, 5) is 16.2. The number of hydrogen-bond donors (Lipinski definition) is 0. The molecule has 1 aliphatic heterocycles. The van der Waals surface area contributed by atoms with Crippen molar-refractivity contribution in [1.82, 2.24) is 19.7 Å². The molecule has 0 saturated carbocycles. The van der Waals surface area contributed by atoms with Crippen LogP contribution in [0, 0.1) is 0 Å². The van der Waals surface area contributed by atoms with E-state index in [1.54, 1.807) is 11.3 Å². The summed E-state index contributed by atoms with van der Waals surface area (Å²) < 4.78 is 2.08. The highest BCUT2D eigenvalue weighted by Gasteiger charge is 2.30. The highest BCUT2D eigenvalue weighted by molar-refractivity contribution is 7.99. The number of thioether (sulfide) groups is 1. The summed E-state index contributed by atoms with van der Waals surface area (Å²) in [7, 11) is 0. The van der Waals surface area contributed by atoms with Crippen LogP contribution in [0.15, 0.2) is 53.0 Å². The smallest absolute Gasteiger partial charge is 0.233 e. The Bertz CT molecular complexity index is 892. The van der Waals surface area contributed by atoms with E-state index in [4.69, 9.17) is 0 Å². The fourth-order valence-corrected chi connectivity index (χ4v) is 5.29. The SMILES string of the molecule is CCn1c(SCC(=O)N2CCC[C@@H]2c2cccs2)nnc1-c1ccccc1. The summed E-state index contributed by atoms with van der Waals surface area (Å²) in [6.45, 7) is 3.70. The minimum atomic E-state index is 0.183. The van der Waals surface area contributed by atoms with Gasteiger partial charge in [-0.15, -0.1) is 21.5 Å². The number of aromatic nitrogens is 3. The molecule has 1 amide bonds. The molecule has 5 nitrogen and oxygen atoms in total. The van der Waals surface area contributed by atoms with Crippen molar-refractivity contribution in [3.63, 3.8) is 0 Å². The van der Waals surface area contributed by atoms with Gasteiger partial charge in [0, 0.05) is 23.5 Å². The van der Waals surface area contributed by atoms with Crippen LogP contribution in [-0.4, -0.2) is 37.9 Å². The van der Waals surface area contributed by atoms with Gasteiger partial charge < -0.3 is 9.47 Å². The summed E-state index contributed by atoms with van der Waals surface area (Å²) in [5.74, 6) is 1.43. The first-order chi connectivity index (χ1) is 13.3. The van der Waals surface area contributed by atoms with Crippen LogP contribution in [0.4, 0.5) is 0 Å². The Morgan fingerprint density at radius 1 is 1.22 bits per heavy atom. The first-order valence-electron chi connectivity index (χ1n) is 9.22. The van der Waals surface area contributed by atoms with E-state index in [-0.39, 0.29) is 11.9 Å². The molecule has 0 aliphatic carbocycles. The number of nitrogens with zero attached hydrogens (tertiary/aromatic N) is 4. The van der Waals surface area contributed by atoms with Crippen molar-refractivity contribution in [1.29, 1.82) is 0 Å². The van der Waals surface area contributed by atoms with Crippen LogP contribution in [0.3, 0.4) is 0 Å². The van der Waals surface area contributed by atoms with Crippen LogP contribution in [0.25, 0.3) is 11.4 Å². The molecule has 0 spiro atoms. The predicted molar refractivity (Wildman–Crippen MR) is 110 cm³/mol. The van der Waals surface area contributed by atoms with Gasteiger partial charge in [0.05, 0.1) is 11.8 Å². The molecular weight excluding hydrogens is 376 g/mol. The van der Waals surface area contributed by atoms with Gasteiger partial charge in [0.2, 0.25) is 5.91 Å². The maximum atomic E-state index is 12.9. The quantitative estimate of drug-likeness (QED) is 0.575. The van der Waals surface area contributed by atoms with Crippen LogP contribution in [-0.2, 0) is 11.3 Å². The number of carbonyl (C=O) groups is 1. The van der Waals surface area contributed by atoms with Gasteiger partial charge in [-0.25, -0.2) is 0 Å². The molecule has 1 saturated heterocycles. The van der Waals surface area contributed by atoms with Gasteiger partial charge in [0.15, 0.2) is 11.0 Å². The van der Waals surface area contributed by atoms with Gasteiger partial charge in [-0.3, -0.25) is 4.79 Å². The van der Waals surface area contributed by atoms with Crippen molar-refractivity contribution in [3.8, 4) is 11.4 Å². The molecule has 2 aromatic heterocycles. The molecule has 1 atom stereocenters. The number of rotatable bonds is 6. The lowest BCUT2D eigenvalue weighted by Gasteiger charge is -2.23. The maximum absolute atomic E-state index is 12.9. The number of amides is 1. The minimum absolute atomic E-state index is 0.183. The van der Waals surface area contributed by atoms with E-state index in [1.807, 2.05) is 35.2 Å². The molecule has 7 heteroatoms. The summed E-state index contributed by atoms with van der Waals surface area (Å²) in [5.41, 5.74) is 1.04. The second-order valence-corrected chi connectivity index (χ2v) is 8.39. The Kier molecular flexibility index (Phi) is 5.59. The molecular formula is C20H22N4OS2. The van der Waals surface area contributed by atoms with E-state index in [0.717, 1.165) is 42.5 Å². The Labute approximate surface area is 167 Å². The molecule has 3 heterocycles. The Balaban J connectivity index is 1.46. The molecule has 0 N–H and O–H groups in total. The van der Waals surface area contributed by atoms with Crippen molar-refractivity contribution >= 4 is 29.0 Å². The van der Waals surface area contributed by atoms with Crippen molar-refractivity contribution in [3.05, 3.63) is 52.7 Å². The molecule has 27 heavy (non-hydrogen) atoms. The molecule has 1 aromatic carbocycles. The summed E-state index contributed by atoms with van der Waals surface area (Å²) in [6, 6.07) is 14.5. The van der Waals surface area contributed by atoms with E-state index in [1.165, 1.54) is 16.6 Å². The third-order valence-corrected chi connectivity index (χ3v) is 6.76. The average molecular weight is 399 g/mol. The third-order valence-electron chi connectivity index (χ3n) is 4.83. The number of hydrogen-bond acceptors (Lipinski definition) is 5. The second kappa shape index (κ2) is 8.27. The van der Waals surface area contributed by atoms with Crippen LogP contribution in [0.2, 0.25) is 0 Å². The fourth-order valence-electron chi connectivity index (χ4n) is 3.53. The third kappa shape index (κ3) is 3.80. The van der Waals surface area contributed by atoms with Crippen LogP contribution in [0.5, 0.6) is 0 Å². The lowest BCUT2D eigenvalue weighted by Crippen LogP contribution is -2.31. The molecule has 140 valence electrons. The van der Waals surface area contributed by atoms with E-state index in [9.17, 15) is 4.79 Å². The zero-order valence-corrected chi connectivity index (χ0v) is 16.9. The van der Waals surface area contributed by atoms with E-state index >= 15 is 0 Å². The zero-order valence-electron chi connectivity index (χ0n) is 15.2. The second-order valence-electron chi connectivity index (χ2n) is 6.47. The van der Waals surface area contributed by atoms with Crippen molar-refractivity contribution in [2.24, 2.45) is 0 Å². The monoisotopic (exact) mass is 398 g/mol. The highest BCUT2D eigenvalue weighted by atomic mass is 32.2. The Morgan fingerprint density at radius 2 is 2.07 bits per heavy atom. The molecule has 0 unspecified atom stereocenters. The van der Waals surface area contributed by atoms with Crippen molar-refractivity contribution < 1.29 is 4.79 Å². The zero-order chi connectivity index (χ0) is 18.6. The molecule has 4 rings (SSSR count). The lowest BCUT2D eigenvalue weighted by molar-refractivity contribution is -0.129. The van der Waals surface area contributed by atoms with E-state index < -0.39 is 0 Å². The number of carbonyl (C=O) groups excluding carboxylic acids is 1. The average Bonchev–Trinajstić information content (AvgIpc) is 3.46. The Hall–Kier alpha value is -2.12. The van der Waals surface area contributed by atoms with E-state index in [0.29, 0.717) is 5.75 Å². The fraction of sp³-hybridized carbons (Fsp3) is 0.350. The number of likely N-dealkylation sites (tertiary alicyclic amines) is 1. The van der Waals surface area contributed by atoms with Crippen LogP contribution in [0.1, 0.15) is 30.7 Å². The lowest BCUT2D eigenvalue weighted by atomic mass is 10.2. The van der Waals surface area contributed by atoms with Crippen LogP contribution >= 0.6 is 23.1 Å². The first kappa shape index (κ1) is 18.3. The van der Waals surface area contributed by atoms with Gasteiger partial charge >= 0.3 is 0 Å². The standard InChI is InChI=1S/C20H22N4OS2/c1-2-23-19(15-8-4-3-5-9-15)21-22-20(23)27-14-18(25)24-12-6-10-16(24)17-11-7-13-26-17/h3-5,7-9,11,13,16H,2,6,10,12,14H2,1H3/t16-/m1/s1. The van der Waals surface area contributed by atoms with Gasteiger partial charge in [-0.1, -0.05) is 48.2 Å². The predicted octanol–water partition coefficient (Wildman–Crippen LogP) is 4.48. The highest BCUT2D eigenvalue weighted by Crippen LogP contribution is 2.35. The molecule has 1 aliphatic rings. The van der Waals surface area contributed by atoms with Crippen molar-refractivity contribution in [2.75, 3.05) is 12.3 Å². The summed E-state index contributed by atoms with van der Waals surface area (Å²) in [5, 5.41) is 11.6. The summed E-state index contributed by atoms with van der Waals surface area (Å²) >= 11 is 3.22. The van der Waals surface area contributed by atoms with Gasteiger partial charge in [0.1, 0.15) is 0 Å². The number of thiophene rings is 1. The van der Waals surface area contributed by atoms with Crippen molar-refractivity contribution in [2.45, 2.75) is 37.5 Å². The van der Waals surface area contributed by atoms with Crippen LogP contribution < -0.4 is 0 Å². The first-order valence-corrected chi connectivity index (χ1v) is 11.1. The van der Waals surface area contributed by atoms with Gasteiger partial charge in [-0.2, -0.15) is 0 Å². The topological polar surface area (TPSA) is 51.0 Å². The number of benzene rings is 1. The van der Waals surface area contributed by atoms with Gasteiger partial charge in [0.25, 0.3) is 0 Å².